The first-order valence-corrected chi connectivity index (χ1v) is 9.70. The van der Waals surface area contributed by atoms with Gasteiger partial charge in [0.15, 0.2) is 10.9 Å². The largest absolute Gasteiger partial charge is 0.440 e. The zero-order chi connectivity index (χ0) is 20.2. The first-order valence-electron chi connectivity index (χ1n) is 8.71. The maximum atomic E-state index is 12.8. The number of aromatic nitrogens is 3. The lowest BCUT2D eigenvalue weighted by Gasteiger charge is -2.03. The Kier molecular flexibility index (Phi) is 5.53. The van der Waals surface area contributed by atoms with Crippen molar-refractivity contribution in [3.05, 3.63) is 88.8 Å². The molecule has 0 radical (unpaired) electrons. The Labute approximate surface area is 168 Å². The highest BCUT2D eigenvalue weighted by Gasteiger charge is 2.13. The molecular formula is C21H15F2N3O2S. The van der Waals surface area contributed by atoms with Crippen LogP contribution in [0, 0.1) is 0 Å². The molecule has 0 aliphatic carbocycles. The van der Waals surface area contributed by atoms with Crippen LogP contribution in [0.1, 0.15) is 18.0 Å². The normalized spacial score (nSPS) is 11.1. The van der Waals surface area contributed by atoms with E-state index < -0.39 is 17.7 Å². The quantitative estimate of drug-likeness (QED) is 0.343. The van der Waals surface area contributed by atoms with Crippen LogP contribution in [0.5, 0.6) is 0 Å². The van der Waals surface area contributed by atoms with Gasteiger partial charge in [-0.1, -0.05) is 60.3 Å². The lowest BCUT2D eigenvalue weighted by molar-refractivity contribution is 0.145. The summed E-state index contributed by atoms with van der Waals surface area (Å²) in [7, 11) is 0. The molecule has 0 spiro atoms. The second kappa shape index (κ2) is 8.40. The van der Waals surface area contributed by atoms with Crippen molar-refractivity contribution in [3.8, 4) is 22.5 Å². The summed E-state index contributed by atoms with van der Waals surface area (Å²) in [5.74, 6) is 1.25. The van der Waals surface area contributed by atoms with Gasteiger partial charge < -0.3 is 9.40 Å². The Balaban J connectivity index is 1.50. The van der Waals surface area contributed by atoms with Crippen LogP contribution in [-0.2, 0) is 5.75 Å². The zero-order valence-corrected chi connectivity index (χ0v) is 15.8. The fourth-order valence-electron chi connectivity index (χ4n) is 2.76. The molecule has 1 N–H and O–H groups in total. The third-order valence-electron chi connectivity index (χ3n) is 4.10. The molecule has 2 heterocycles. The van der Waals surface area contributed by atoms with E-state index >= 15 is 0 Å². The van der Waals surface area contributed by atoms with Crippen LogP contribution in [-0.4, -0.2) is 15.0 Å². The molecule has 146 valence electrons. The number of halogens is 2. The van der Waals surface area contributed by atoms with Crippen molar-refractivity contribution in [1.29, 1.82) is 0 Å². The van der Waals surface area contributed by atoms with Crippen molar-refractivity contribution in [2.45, 2.75) is 17.3 Å². The van der Waals surface area contributed by atoms with Gasteiger partial charge in [0.25, 0.3) is 12.0 Å². The van der Waals surface area contributed by atoms with E-state index in [1.54, 1.807) is 6.20 Å². The average molecular weight is 411 g/mol. The predicted octanol–water partition coefficient (Wildman–Crippen LogP) is 5.32. The molecule has 2 aromatic heterocycles. The van der Waals surface area contributed by atoms with Crippen LogP contribution in [0.4, 0.5) is 8.78 Å². The molecule has 0 fully saturated rings. The fraction of sp³-hybridized carbons (Fsp3) is 0.0952. The number of hydrogen-bond donors (Lipinski definition) is 1. The molecule has 0 aliphatic heterocycles. The van der Waals surface area contributed by atoms with E-state index in [1.807, 2.05) is 54.6 Å². The number of hydrogen-bond acceptors (Lipinski definition) is 5. The number of benzene rings is 2. The number of alkyl halides is 2. The maximum Gasteiger partial charge on any atom is 0.280 e. The van der Waals surface area contributed by atoms with Gasteiger partial charge in [0.1, 0.15) is 5.69 Å². The van der Waals surface area contributed by atoms with Crippen LogP contribution in [0.2, 0.25) is 0 Å². The molecular weight excluding hydrogens is 396 g/mol. The first-order chi connectivity index (χ1) is 14.1. The number of thioether (sulfide) groups is 1. The molecule has 4 rings (SSSR count). The Morgan fingerprint density at radius 2 is 1.76 bits per heavy atom. The van der Waals surface area contributed by atoms with E-state index in [1.165, 1.54) is 0 Å². The van der Waals surface area contributed by atoms with Crippen LogP contribution in [0.25, 0.3) is 22.5 Å². The monoisotopic (exact) mass is 411 g/mol. The van der Waals surface area contributed by atoms with E-state index in [0.717, 1.165) is 34.5 Å². The third kappa shape index (κ3) is 4.60. The smallest absolute Gasteiger partial charge is 0.280 e. The molecule has 4 aromatic rings. The van der Waals surface area contributed by atoms with Gasteiger partial charge in [-0.05, 0) is 17.2 Å². The summed E-state index contributed by atoms with van der Waals surface area (Å²) in [5, 5.41) is 0.0959. The van der Waals surface area contributed by atoms with Crippen LogP contribution in [0.3, 0.4) is 0 Å². The Morgan fingerprint density at radius 3 is 2.55 bits per heavy atom. The van der Waals surface area contributed by atoms with Crippen LogP contribution >= 0.6 is 11.8 Å². The molecule has 0 unspecified atom stereocenters. The van der Waals surface area contributed by atoms with E-state index in [0.29, 0.717) is 11.7 Å². The number of oxazole rings is 1. The summed E-state index contributed by atoms with van der Waals surface area (Å²) < 4.78 is 31.4. The average Bonchev–Trinajstić information content (AvgIpc) is 3.22. The van der Waals surface area contributed by atoms with E-state index in [4.69, 9.17) is 4.42 Å². The van der Waals surface area contributed by atoms with Crippen molar-refractivity contribution >= 4 is 11.8 Å². The van der Waals surface area contributed by atoms with Gasteiger partial charge in [0, 0.05) is 11.6 Å². The van der Waals surface area contributed by atoms with Crippen molar-refractivity contribution in [2.24, 2.45) is 0 Å². The Morgan fingerprint density at radius 1 is 1.00 bits per heavy atom. The van der Waals surface area contributed by atoms with Gasteiger partial charge in [-0.25, -0.2) is 18.7 Å². The summed E-state index contributed by atoms with van der Waals surface area (Å²) >= 11 is 1.07. The number of nitrogens with one attached hydrogen (secondary N) is 1. The third-order valence-corrected chi connectivity index (χ3v) is 4.96. The number of nitrogens with zero attached hydrogens (tertiary/aromatic N) is 2. The molecule has 0 bridgehead atoms. The highest BCUT2D eigenvalue weighted by Crippen LogP contribution is 2.28. The number of aromatic amines is 1. The molecule has 0 amide bonds. The Bertz CT molecular complexity index is 1180. The number of rotatable bonds is 6. The summed E-state index contributed by atoms with van der Waals surface area (Å²) in [5.41, 5.74) is 1.85. The topological polar surface area (TPSA) is 71.8 Å². The van der Waals surface area contributed by atoms with Crippen molar-refractivity contribution in [1.82, 2.24) is 15.0 Å². The minimum Gasteiger partial charge on any atom is -0.440 e. The van der Waals surface area contributed by atoms with Gasteiger partial charge in [0.2, 0.25) is 5.89 Å². The lowest BCUT2D eigenvalue weighted by Crippen LogP contribution is -2.10. The molecule has 0 aliphatic rings. The molecule has 0 atom stereocenters. The summed E-state index contributed by atoms with van der Waals surface area (Å²) in [6, 6.07) is 18.7. The van der Waals surface area contributed by atoms with E-state index in [2.05, 4.69) is 15.0 Å². The summed E-state index contributed by atoms with van der Waals surface area (Å²) in [6.07, 6.45) is -1.19. The van der Waals surface area contributed by atoms with Gasteiger partial charge in [-0.2, -0.15) is 0 Å². The highest BCUT2D eigenvalue weighted by molar-refractivity contribution is 7.98. The maximum absolute atomic E-state index is 12.8. The lowest BCUT2D eigenvalue weighted by atomic mass is 10.0. The van der Waals surface area contributed by atoms with Crippen molar-refractivity contribution < 1.29 is 13.2 Å². The minimum absolute atomic E-state index is 0.0959. The summed E-state index contributed by atoms with van der Waals surface area (Å²) in [4.78, 5) is 21.9. The SMILES string of the molecule is O=c1cc(C(F)F)nc(SCc2ncc(-c3cccc(-c4ccccc4)c3)o2)[nH]1. The second-order valence-corrected chi connectivity index (χ2v) is 7.09. The van der Waals surface area contributed by atoms with Gasteiger partial charge in [-0.15, -0.1) is 0 Å². The van der Waals surface area contributed by atoms with Gasteiger partial charge in [-0.3, -0.25) is 4.79 Å². The van der Waals surface area contributed by atoms with Crippen LogP contribution < -0.4 is 5.56 Å². The number of H-pyrrole nitrogens is 1. The molecule has 8 heteroatoms. The molecule has 29 heavy (non-hydrogen) atoms. The van der Waals surface area contributed by atoms with E-state index in [9.17, 15) is 13.6 Å². The van der Waals surface area contributed by atoms with Gasteiger partial charge in [0.05, 0.1) is 11.9 Å². The molecule has 5 nitrogen and oxygen atoms in total. The standard InChI is InChI=1S/C21H15F2N3O2S/c22-20(23)16-10-18(27)26-21(25-16)29-12-19-24-11-17(28-19)15-8-4-7-14(9-15)13-5-2-1-3-6-13/h1-11,20H,12H2,(H,25,26,27). The van der Waals surface area contributed by atoms with Crippen molar-refractivity contribution in [2.75, 3.05) is 0 Å². The van der Waals surface area contributed by atoms with Crippen molar-refractivity contribution in [3.63, 3.8) is 0 Å². The molecule has 0 saturated carbocycles. The second-order valence-electron chi connectivity index (χ2n) is 6.13. The molecule has 0 saturated heterocycles. The fourth-order valence-corrected chi connectivity index (χ4v) is 3.49. The van der Waals surface area contributed by atoms with Crippen LogP contribution in [0.15, 0.2) is 81.2 Å². The Hall–Kier alpha value is -3.26. The predicted molar refractivity (Wildman–Crippen MR) is 107 cm³/mol. The molecule has 2 aromatic carbocycles. The summed E-state index contributed by atoms with van der Waals surface area (Å²) in [6.45, 7) is 0. The first kappa shape index (κ1) is 19.1. The highest BCUT2D eigenvalue weighted by atomic mass is 32.2. The van der Waals surface area contributed by atoms with Gasteiger partial charge >= 0.3 is 0 Å². The van der Waals surface area contributed by atoms with E-state index in [-0.39, 0.29) is 10.9 Å². The minimum atomic E-state index is -2.80. The zero-order valence-electron chi connectivity index (χ0n) is 15.0.